The van der Waals surface area contributed by atoms with Crippen LogP contribution in [-0.4, -0.2) is 23.8 Å². The quantitative estimate of drug-likeness (QED) is 0.646. The predicted octanol–water partition coefficient (Wildman–Crippen LogP) is 2.52. The normalized spacial score (nSPS) is 22.3. The number of hydroxylamine groups is 1. The van der Waals surface area contributed by atoms with Crippen molar-refractivity contribution >= 4 is 5.97 Å². The lowest BCUT2D eigenvalue weighted by Gasteiger charge is -2.38. The van der Waals surface area contributed by atoms with E-state index in [1.54, 1.807) is 0 Å². The fourth-order valence-corrected chi connectivity index (χ4v) is 2.39. The number of hydrogen-bond donors (Lipinski definition) is 2. The molecule has 1 aromatic carbocycles. The number of piperidine rings is 1. The van der Waals surface area contributed by atoms with E-state index in [-0.39, 0.29) is 5.97 Å². The molecule has 0 bridgehead atoms. The Kier molecular flexibility index (Phi) is 5.56. The maximum atomic E-state index is 12.6. The number of esters is 1. The highest BCUT2D eigenvalue weighted by Crippen LogP contribution is 2.21. The van der Waals surface area contributed by atoms with Crippen molar-refractivity contribution < 1.29 is 14.4 Å². The summed E-state index contributed by atoms with van der Waals surface area (Å²) in [5.74, 6) is -0.312. The Morgan fingerprint density at radius 3 is 2.59 bits per heavy atom. The number of benzene rings is 1. The van der Waals surface area contributed by atoms with Gasteiger partial charge in [-0.1, -0.05) is 30.3 Å². The Bertz CT molecular complexity index is 476. The zero-order chi connectivity index (χ0) is 16.1. The molecule has 0 aromatic heterocycles. The maximum Gasteiger partial charge on any atom is 0.343 e. The summed E-state index contributed by atoms with van der Waals surface area (Å²) in [6, 6.07) is 9.84. The standard InChI is InChI=1S/C17H26N2O3/c1-16(2,3)22-15(20)17(11-7-8-12-18-17)19-21-13-14-9-5-4-6-10-14/h4-6,9-10,18-19H,7-8,11-13H2,1-3H3. The zero-order valence-corrected chi connectivity index (χ0v) is 13.6. The van der Waals surface area contributed by atoms with Crippen molar-refractivity contribution in [3.63, 3.8) is 0 Å². The fourth-order valence-electron chi connectivity index (χ4n) is 2.39. The molecule has 1 saturated heterocycles. The molecule has 122 valence electrons. The van der Waals surface area contributed by atoms with Gasteiger partial charge in [0.05, 0.1) is 6.61 Å². The molecule has 1 heterocycles. The lowest BCUT2D eigenvalue weighted by molar-refractivity contribution is -0.177. The Balaban J connectivity index is 1.98. The summed E-state index contributed by atoms with van der Waals surface area (Å²) in [5.41, 5.74) is 2.49. The molecule has 1 atom stereocenters. The number of carbonyl (C=O) groups excluding carboxylic acids is 1. The van der Waals surface area contributed by atoms with E-state index in [0.29, 0.717) is 13.0 Å². The van der Waals surface area contributed by atoms with E-state index in [0.717, 1.165) is 24.9 Å². The van der Waals surface area contributed by atoms with E-state index in [4.69, 9.17) is 9.57 Å². The monoisotopic (exact) mass is 306 g/mol. The summed E-state index contributed by atoms with van der Waals surface area (Å²) in [7, 11) is 0. The summed E-state index contributed by atoms with van der Waals surface area (Å²) in [5, 5.41) is 3.23. The van der Waals surface area contributed by atoms with E-state index in [1.165, 1.54) is 0 Å². The van der Waals surface area contributed by atoms with E-state index < -0.39 is 11.3 Å². The number of nitrogens with one attached hydrogen (secondary N) is 2. The third kappa shape index (κ3) is 4.80. The molecule has 2 N–H and O–H groups in total. The van der Waals surface area contributed by atoms with Crippen LogP contribution in [0.3, 0.4) is 0 Å². The topological polar surface area (TPSA) is 59.6 Å². The van der Waals surface area contributed by atoms with Crippen LogP contribution in [0.2, 0.25) is 0 Å². The van der Waals surface area contributed by atoms with E-state index in [2.05, 4.69) is 10.8 Å². The van der Waals surface area contributed by atoms with Gasteiger partial charge in [0.25, 0.3) is 0 Å². The van der Waals surface area contributed by atoms with Gasteiger partial charge in [0.15, 0.2) is 5.66 Å². The second-order valence-corrected chi connectivity index (χ2v) is 6.67. The van der Waals surface area contributed by atoms with Crippen LogP contribution in [0, 0.1) is 0 Å². The lowest BCUT2D eigenvalue weighted by atomic mass is 9.98. The summed E-state index contributed by atoms with van der Waals surface area (Å²) in [4.78, 5) is 18.1. The first kappa shape index (κ1) is 16.9. The van der Waals surface area contributed by atoms with Gasteiger partial charge in [-0.3, -0.25) is 10.2 Å². The zero-order valence-electron chi connectivity index (χ0n) is 13.6. The summed E-state index contributed by atoms with van der Waals surface area (Å²) < 4.78 is 5.54. The largest absolute Gasteiger partial charge is 0.458 e. The Hall–Kier alpha value is -1.43. The van der Waals surface area contributed by atoms with Crippen LogP contribution < -0.4 is 10.8 Å². The van der Waals surface area contributed by atoms with Gasteiger partial charge in [-0.2, -0.15) is 5.48 Å². The van der Waals surface area contributed by atoms with Crippen molar-refractivity contribution in [3.8, 4) is 0 Å². The Morgan fingerprint density at radius 2 is 2.00 bits per heavy atom. The molecule has 1 aromatic rings. The fraction of sp³-hybridized carbons (Fsp3) is 0.588. The Morgan fingerprint density at radius 1 is 1.27 bits per heavy atom. The third-order valence-corrected chi connectivity index (χ3v) is 3.48. The van der Waals surface area contributed by atoms with E-state index >= 15 is 0 Å². The van der Waals surface area contributed by atoms with Gasteiger partial charge in [0.2, 0.25) is 0 Å². The van der Waals surface area contributed by atoms with E-state index in [9.17, 15) is 4.79 Å². The summed E-state index contributed by atoms with van der Waals surface area (Å²) in [6.07, 6.45) is 2.65. The highest BCUT2D eigenvalue weighted by Gasteiger charge is 2.43. The van der Waals surface area contributed by atoms with Crippen molar-refractivity contribution in [2.45, 2.75) is 57.9 Å². The molecule has 5 nitrogen and oxygen atoms in total. The molecular weight excluding hydrogens is 280 g/mol. The van der Waals surface area contributed by atoms with Gasteiger partial charge in [0, 0.05) is 0 Å². The average Bonchev–Trinajstić information content (AvgIpc) is 2.47. The average molecular weight is 306 g/mol. The Labute approximate surface area is 132 Å². The van der Waals surface area contributed by atoms with Crippen LogP contribution in [0.5, 0.6) is 0 Å². The van der Waals surface area contributed by atoms with Gasteiger partial charge in [-0.25, -0.2) is 4.79 Å². The molecule has 1 unspecified atom stereocenters. The van der Waals surface area contributed by atoms with Crippen LogP contribution in [0.15, 0.2) is 30.3 Å². The van der Waals surface area contributed by atoms with Crippen LogP contribution in [0.25, 0.3) is 0 Å². The van der Waals surface area contributed by atoms with Crippen LogP contribution in [-0.2, 0) is 21.0 Å². The first-order chi connectivity index (χ1) is 10.4. The molecule has 0 spiro atoms. The van der Waals surface area contributed by atoms with Crippen molar-refractivity contribution in [3.05, 3.63) is 35.9 Å². The molecule has 0 radical (unpaired) electrons. The second-order valence-electron chi connectivity index (χ2n) is 6.67. The van der Waals surface area contributed by atoms with Gasteiger partial charge in [0.1, 0.15) is 5.60 Å². The SMILES string of the molecule is CC(C)(C)OC(=O)C1(NOCc2ccccc2)CCCCN1. The number of carbonyl (C=O) groups is 1. The van der Waals surface area contributed by atoms with Crippen LogP contribution in [0.4, 0.5) is 0 Å². The molecule has 2 rings (SSSR count). The lowest BCUT2D eigenvalue weighted by Crippen LogP contribution is -2.65. The van der Waals surface area contributed by atoms with Crippen LogP contribution >= 0.6 is 0 Å². The molecular formula is C17H26N2O3. The summed E-state index contributed by atoms with van der Waals surface area (Å²) in [6.45, 7) is 6.76. The number of rotatable bonds is 5. The van der Waals surface area contributed by atoms with Gasteiger partial charge < -0.3 is 4.74 Å². The summed E-state index contributed by atoms with van der Waals surface area (Å²) >= 11 is 0. The first-order valence-corrected chi connectivity index (χ1v) is 7.83. The van der Waals surface area contributed by atoms with Crippen molar-refractivity contribution in [2.24, 2.45) is 0 Å². The highest BCUT2D eigenvalue weighted by molar-refractivity contribution is 5.80. The van der Waals surface area contributed by atoms with Crippen molar-refractivity contribution in [1.82, 2.24) is 10.8 Å². The van der Waals surface area contributed by atoms with Gasteiger partial charge >= 0.3 is 5.97 Å². The minimum absolute atomic E-state index is 0.312. The maximum absolute atomic E-state index is 12.6. The minimum atomic E-state index is -0.958. The minimum Gasteiger partial charge on any atom is -0.458 e. The molecule has 1 aliphatic rings. The molecule has 1 aliphatic heterocycles. The van der Waals surface area contributed by atoms with Gasteiger partial charge in [-0.15, -0.1) is 0 Å². The third-order valence-electron chi connectivity index (χ3n) is 3.48. The van der Waals surface area contributed by atoms with Gasteiger partial charge in [-0.05, 0) is 52.1 Å². The predicted molar refractivity (Wildman–Crippen MR) is 84.8 cm³/mol. The molecule has 22 heavy (non-hydrogen) atoms. The smallest absolute Gasteiger partial charge is 0.343 e. The molecule has 0 aliphatic carbocycles. The van der Waals surface area contributed by atoms with Crippen LogP contribution in [0.1, 0.15) is 45.6 Å². The molecule has 0 saturated carbocycles. The number of ether oxygens (including phenoxy) is 1. The molecule has 0 amide bonds. The number of hydrogen-bond acceptors (Lipinski definition) is 5. The van der Waals surface area contributed by atoms with E-state index in [1.807, 2.05) is 51.1 Å². The van der Waals surface area contributed by atoms with Crippen molar-refractivity contribution in [2.75, 3.05) is 6.54 Å². The molecule has 5 heteroatoms. The highest BCUT2D eigenvalue weighted by atomic mass is 16.7. The van der Waals surface area contributed by atoms with Crippen molar-refractivity contribution in [1.29, 1.82) is 0 Å². The first-order valence-electron chi connectivity index (χ1n) is 7.83. The second kappa shape index (κ2) is 7.22. The molecule has 1 fully saturated rings.